The number of hydrogen-bond donors (Lipinski definition) is 1. The fraction of sp³-hybridized carbons (Fsp3) is 1.00. The van der Waals surface area contributed by atoms with Crippen molar-refractivity contribution in [3.8, 4) is 0 Å². The summed E-state index contributed by atoms with van der Waals surface area (Å²) in [5.41, 5.74) is -0.162. The Labute approximate surface area is 124 Å². The summed E-state index contributed by atoms with van der Waals surface area (Å²) in [4.78, 5) is 5.07. The van der Waals surface area contributed by atoms with Crippen molar-refractivity contribution in [3.63, 3.8) is 0 Å². The monoisotopic (exact) mass is 283 g/mol. The second-order valence-corrected chi connectivity index (χ2v) is 7.77. The molecule has 20 heavy (non-hydrogen) atoms. The number of nitrogens with zero attached hydrogens (tertiary/aromatic N) is 2. The molecule has 2 rings (SSSR count). The summed E-state index contributed by atoms with van der Waals surface area (Å²) in [5.74, 6) is 0.526. The van der Waals surface area contributed by atoms with Gasteiger partial charge in [-0.05, 0) is 48.7 Å². The second-order valence-electron chi connectivity index (χ2n) is 7.77. The Balaban J connectivity index is 2.07. The predicted octanol–water partition coefficient (Wildman–Crippen LogP) is 1.41. The lowest BCUT2D eigenvalue weighted by molar-refractivity contribution is -0.0803. The summed E-state index contributed by atoms with van der Waals surface area (Å²) in [6.07, 6.45) is 0. The minimum Gasteiger partial charge on any atom is -0.368 e. The summed E-state index contributed by atoms with van der Waals surface area (Å²) in [7, 11) is 4.29. The van der Waals surface area contributed by atoms with Crippen LogP contribution in [-0.4, -0.2) is 73.4 Å². The maximum Gasteiger partial charge on any atom is 0.0790 e. The molecule has 0 saturated carbocycles. The molecule has 0 bridgehead atoms. The van der Waals surface area contributed by atoms with Crippen molar-refractivity contribution in [2.75, 3.05) is 40.3 Å². The third kappa shape index (κ3) is 3.03. The van der Waals surface area contributed by atoms with Crippen LogP contribution in [-0.2, 0) is 4.74 Å². The first-order chi connectivity index (χ1) is 9.17. The maximum absolute atomic E-state index is 6.34. The molecule has 2 aliphatic heterocycles. The topological polar surface area (TPSA) is 27.7 Å². The molecule has 4 nitrogen and oxygen atoms in total. The zero-order chi connectivity index (χ0) is 15.1. The van der Waals surface area contributed by atoms with Crippen LogP contribution < -0.4 is 5.32 Å². The molecular weight excluding hydrogens is 250 g/mol. The quantitative estimate of drug-likeness (QED) is 0.848. The normalized spacial score (nSPS) is 38.2. The fourth-order valence-corrected chi connectivity index (χ4v) is 4.14. The first-order valence-electron chi connectivity index (χ1n) is 7.97. The van der Waals surface area contributed by atoms with Crippen LogP contribution in [0.3, 0.4) is 0 Å². The Morgan fingerprint density at radius 2 is 1.80 bits per heavy atom. The Hall–Kier alpha value is -0.160. The van der Waals surface area contributed by atoms with Crippen LogP contribution in [0, 0.1) is 5.92 Å². The number of ether oxygens (including phenoxy) is 1. The van der Waals surface area contributed by atoms with Crippen LogP contribution in [0.25, 0.3) is 0 Å². The minimum atomic E-state index is -0.0961. The molecule has 2 heterocycles. The van der Waals surface area contributed by atoms with Gasteiger partial charge in [0.15, 0.2) is 0 Å². The average molecular weight is 283 g/mol. The van der Waals surface area contributed by atoms with Crippen LogP contribution in [0.2, 0.25) is 0 Å². The van der Waals surface area contributed by atoms with Crippen LogP contribution in [0.4, 0.5) is 0 Å². The smallest absolute Gasteiger partial charge is 0.0790 e. The molecule has 0 aromatic heterocycles. The van der Waals surface area contributed by atoms with E-state index in [0.29, 0.717) is 18.0 Å². The van der Waals surface area contributed by atoms with E-state index in [9.17, 15) is 0 Å². The molecule has 0 amide bonds. The van der Waals surface area contributed by atoms with Crippen molar-refractivity contribution in [2.45, 2.75) is 57.9 Å². The van der Waals surface area contributed by atoms with Gasteiger partial charge < -0.3 is 19.9 Å². The largest absolute Gasteiger partial charge is 0.368 e. The molecule has 3 unspecified atom stereocenters. The van der Waals surface area contributed by atoms with Gasteiger partial charge in [-0.2, -0.15) is 0 Å². The SMILES string of the molecule is CNC1C(CN2CCN(C)C(C)C2)C(C)(C)OC1(C)C. The third-order valence-electron chi connectivity index (χ3n) is 5.38. The second kappa shape index (κ2) is 5.56. The lowest BCUT2D eigenvalue weighted by Gasteiger charge is -2.41. The lowest BCUT2D eigenvalue weighted by atomic mass is 9.82. The molecule has 4 heteroatoms. The molecule has 2 saturated heterocycles. The van der Waals surface area contributed by atoms with Gasteiger partial charge >= 0.3 is 0 Å². The van der Waals surface area contributed by atoms with E-state index >= 15 is 0 Å². The van der Waals surface area contributed by atoms with E-state index in [4.69, 9.17) is 4.74 Å². The number of rotatable bonds is 3. The molecule has 1 N–H and O–H groups in total. The maximum atomic E-state index is 6.34. The molecule has 0 aromatic rings. The van der Waals surface area contributed by atoms with Crippen molar-refractivity contribution in [3.05, 3.63) is 0 Å². The van der Waals surface area contributed by atoms with Crippen molar-refractivity contribution < 1.29 is 4.74 Å². The number of likely N-dealkylation sites (N-methyl/N-ethyl adjacent to an activating group) is 2. The van der Waals surface area contributed by atoms with Gasteiger partial charge in [0.2, 0.25) is 0 Å². The van der Waals surface area contributed by atoms with Gasteiger partial charge in [-0.25, -0.2) is 0 Å². The van der Waals surface area contributed by atoms with Crippen LogP contribution >= 0.6 is 0 Å². The van der Waals surface area contributed by atoms with Crippen molar-refractivity contribution in [1.82, 2.24) is 15.1 Å². The summed E-state index contributed by atoms with van der Waals surface area (Å²) < 4.78 is 6.34. The third-order valence-corrected chi connectivity index (χ3v) is 5.38. The number of piperazine rings is 1. The molecule has 0 aromatic carbocycles. The van der Waals surface area contributed by atoms with Gasteiger partial charge in [-0.15, -0.1) is 0 Å². The van der Waals surface area contributed by atoms with Gasteiger partial charge in [-0.3, -0.25) is 0 Å². The van der Waals surface area contributed by atoms with E-state index in [-0.39, 0.29) is 11.2 Å². The van der Waals surface area contributed by atoms with Crippen molar-refractivity contribution in [1.29, 1.82) is 0 Å². The Morgan fingerprint density at radius 1 is 1.15 bits per heavy atom. The highest BCUT2D eigenvalue weighted by atomic mass is 16.5. The zero-order valence-electron chi connectivity index (χ0n) is 14.4. The van der Waals surface area contributed by atoms with Gasteiger partial charge in [0.05, 0.1) is 11.2 Å². The molecule has 3 atom stereocenters. The van der Waals surface area contributed by atoms with Gasteiger partial charge in [0, 0.05) is 44.2 Å². The first-order valence-corrected chi connectivity index (χ1v) is 7.97. The van der Waals surface area contributed by atoms with Crippen molar-refractivity contribution >= 4 is 0 Å². The molecule has 0 spiro atoms. The molecule has 118 valence electrons. The van der Waals surface area contributed by atoms with Crippen LogP contribution in [0.15, 0.2) is 0 Å². The van der Waals surface area contributed by atoms with E-state index in [1.807, 2.05) is 0 Å². The Kier molecular flexibility index (Phi) is 4.51. The van der Waals surface area contributed by atoms with Gasteiger partial charge in [0.25, 0.3) is 0 Å². The summed E-state index contributed by atoms with van der Waals surface area (Å²) in [5, 5.41) is 3.51. The highest BCUT2D eigenvalue weighted by Gasteiger charge is 2.53. The highest BCUT2D eigenvalue weighted by molar-refractivity contribution is 5.06. The van der Waals surface area contributed by atoms with Crippen LogP contribution in [0.5, 0.6) is 0 Å². The number of nitrogens with one attached hydrogen (secondary N) is 1. The minimum absolute atomic E-state index is 0.0657. The summed E-state index contributed by atoms with van der Waals surface area (Å²) in [6, 6.07) is 1.06. The molecule has 2 aliphatic rings. The van der Waals surface area contributed by atoms with Gasteiger partial charge in [0.1, 0.15) is 0 Å². The van der Waals surface area contributed by atoms with Crippen molar-refractivity contribution in [2.24, 2.45) is 5.92 Å². The van der Waals surface area contributed by atoms with E-state index in [1.165, 1.54) is 19.6 Å². The van der Waals surface area contributed by atoms with E-state index < -0.39 is 0 Å². The average Bonchev–Trinajstić information content (AvgIpc) is 2.48. The molecule has 0 aliphatic carbocycles. The number of hydrogen-bond acceptors (Lipinski definition) is 4. The van der Waals surface area contributed by atoms with Crippen LogP contribution in [0.1, 0.15) is 34.6 Å². The zero-order valence-corrected chi connectivity index (χ0v) is 14.4. The standard InChI is InChI=1S/C16H33N3O/c1-12-10-19(9-8-18(12)7)11-13-14(17-6)16(4,5)20-15(13,2)3/h12-14,17H,8-11H2,1-7H3. The Morgan fingerprint density at radius 3 is 2.35 bits per heavy atom. The van der Waals surface area contributed by atoms with E-state index in [2.05, 4.69) is 63.8 Å². The fourth-order valence-electron chi connectivity index (χ4n) is 4.14. The molecule has 2 fully saturated rings. The molecule has 0 radical (unpaired) electrons. The molecular formula is C16H33N3O. The highest BCUT2D eigenvalue weighted by Crippen LogP contribution is 2.42. The van der Waals surface area contributed by atoms with Gasteiger partial charge in [-0.1, -0.05) is 0 Å². The Bertz CT molecular complexity index is 343. The summed E-state index contributed by atoms with van der Waals surface area (Å²) in [6.45, 7) is 15.9. The summed E-state index contributed by atoms with van der Waals surface area (Å²) >= 11 is 0. The lowest BCUT2D eigenvalue weighted by Crippen LogP contribution is -2.55. The predicted molar refractivity (Wildman–Crippen MR) is 84.1 cm³/mol. The van der Waals surface area contributed by atoms with E-state index in [0.717, 1.165) is 6.54 Å². The first kappa shape index (κ1) is 16.2. The van der Waals surface area contributed by atoms with E-state index in [1.54, 1.807) is 0 Å².